The standard InChI is InChI=1S/C20H18ClNO5/c1-22(10-12-2-3-17-19(6-12)26-5-4-25-17)11-13-7-20(24)27-18-9-16(23)15(21)8-14(13)18/h2-3,6-9,23H,4-5,10-11H2,1H3. The fraction of sp³-hybridized carbons (Fsp3) is 0.250. The zero-order chi connectivity index (χ0) is 19.0. The predicted octanol–water partition coefficient (Wildman–Crippen LogP) is 3.56. The highest BCUT2D eigenvalue weighted by atomic mass is 35.5. The number of nitrogens with zero attached hydrogens (tertiary/aromatic N) is 1. The molecule has 0 fully saturated rings. The van der Waals surface area contributed by atoms with Gasteiger partial charge in [-0.05, 0) is 36.4 Å². The maximum Gasteiger partial charge on any atom is 0.336 e. The lowest BCUT2D eigenvalue weighted by molar-refractivity contribution is 0.171. The second kappa shape index (κ2) is 7.13. The van der Waals surface area contributed by atoms with Crippen LogP contribution in [0.25, 0.3) is 11.0 Å². The van der Waals surface area contributed by atoms with Gasteiger partial charge in [-0.1, -0.05) is 17.7 Å². The minimum atomic E-state index is -0.466. The smallest absolute Gasteiger partial charge is 0.336 e. The molecular weight excluding hydrogens is 370 g/mol. The Morgan fingerprint density at radius 3 is 2.67 bits per heavy atom. The molecule has 0 bridgehead atoms. The average Bonchev–Trinajstić information content (AvgIpc) is 2.63. The molecule has 0 aliphatic carbocycles. The topological polar surface area (TPSA) is 72.1 Å². The Labute approximate surface area is 160 Å². The van der Waals surface area contributed by atoms with E-state index in [1.54, 1.807) is 6.07 Å². The van der Waals surface area contributed by atoms with Crippen LogP contribution in [0.1, 0.15) is 11.1 Å². The average molecular weight is 388 g/mol. The summed E-state index contributed by atoms with van der Waals surface area (Å²) in [7, 11) is 1.96. The Kier molecular flexibility index (Phi) is 4.68. The molecule has 0 spiro atoms. The summed E-state index contributed by atoms with van der Waals surface area (Å²) < 4.78 is 16.3. The van der Waals surface area contributed by atoms with Gasteiger partial charge in [-0.15, -0.1) is 0 Å². The number of hydrogen-bond donors (Lipinski definition) is 1. The van der Waals surface area contributed by atoms with Crippen molar-refractivity contribution in [3.63, 3.8) is 0 Å². The molecule has 4 rings (SSSR count). The molecule has 2 aromatic carbocycles. The number of rotatable bonds is 4. The van der Waals surface area contributed by atoms with E-state index in [4.69, 9.17) is 25.5 Å². The van der Waals surface area contributed by atoms with Gasteiger partial charge in [0.05, 0.1) is 5.02 Å². The largest absolute Gasteiger partial charge is 0.506 e. The van der Waals surface area contributed by atoms with Gasteiger partial charge in [0.1, 0.15) is 24.5 Å². The molecule has 2 heterocycles. The van der Waals surface area contributed by atoms with Gasteiger partial charge >= 0.3 is 5.63 Å². The van der Waals surface area contributed by atoms with Crippen LogP contribution in [0.2, 0.25) is 5.02 Å². The van der Waals surface area contributed by atoms with E-state index in [2.05, 4.69) is 4.90 Å². The van der Waals surface area contributed by atoms with Crippen molar-refractivity contribution in [3.8, 4) is 17.2 Å². The number of phenolic OH excluding ortho intramolecular Hbond substituents is 1. The summed E-state index contributed by atoms with van der Waals surface area (Å²) >= 11 is 6.02. The van der Waals surface area contributed by atoms with Crippen molar-refractivity contribution in [1.82, 2.24) is 4.90 Å². The highest BCUT2D eigenvalue weighted by molar-refractivity contribution is 6.32. The molecule has 3 aromatic rings. The number of phenols is 1. The molecule has 0 unspecified atom stereocenters. The van der Waals surface area contributed by atoms with Crippen LogP contribution in [0.3, 0.4) is 0 Å². The maximum atomic E-state index is 11.9. The van der Waals surface area contributed by atoms with Crippen LogP contribution in [0.15, 0.2) is 45.6 Å². The maximum absolute atomic E-state index is 11.9. The molecule has 0 radical (unpaired) electrons. The van der Waals surface area contributed by atoms with Crippen molar-refractivity contribution in [1.29, 1.82) is 0 Å². The van der Waals surface area contributed by atoms with Gasteiger partial charge in [-0.3, -0.25) is 4.90 Å². The number of benzene rings is 2. The van der Waals surface area contributed by atoms with E-state index in [9.17, 15) is 9.90 Å². The van der Waals surface area contributed by atoms with Crippen molar-refractivity contribution in [2.45, 2.75) is 13.1 Å². The molecule has 0 atom stereocenters. The first-order valence-electron chi connectivity index (χ1n) is 8.52. The zero-order valence-corrected chi connectivity index (χ0v) is 15.5. The third-order valence-corrected chi connectivity index (χ3v) is 4.70. The molecule has 6 nitrogen and oxygen atoms in total. The van der Waals surface area contributed by atoms with Gasteiger partial charge in [0, 0.05) is 30.6 Å². The van der Waals surface area contributed by atoms with Crippen LogP contribution >= 0.6 is 11.6 Å². The number of fused-ring (bicyclic) bond motifs is 2. The van der Waals surface area contributed by atoms with Gasteiger partial charge in [-0.2, -0.15) is 0 Å². The van der Waals surface area contributed by atoms with Gasteiger partial charge in [-0.25, -0.2) is 4.79 Å². The van der Waals surface area contributed by atoms with E-state index in [1.807, 2.05) is 25.2 Å². The van der Waals surface area contributed by atoms with Gasteiger partial charge < -0.3 is 19.0 Å². The Morgan fingerprint density at radius 1 is 1.07 bits per heavy atom. The first kappa shape index (κ1) is 17.7. The van der Waals surface area contributed by atoms with Crippen molar-refractivity contribution >= 4 is 22.6 Å². The molecule has 0 saturated carbocycles. The Balaban J connectivity index is 1.58. The molecule has 1 N–H and O–H groups in total. The summed E-state index contributed by atoms with van der Waals surface area (Å²) in [5.74, 6) is 1.39. The first-order chi connectivity index (χ1) is 13.0. The predicted molar refractivity (Wildman–Crippen MR) is 102 cm³/mol. The quantitative estimate of drug-likeness (QED) is 0.690. The highest BCUT2D eigenvalue weighted by Gasteiger charge is 2.14. The molecule has 0 saturated heterocycles. The second-order valence-corrected chi connectivity index (χ2v) is 6.95. The van der Waals surface area contributed by atoms with Gasteiger partial charge in [0.2, 0.25) is 0 Å². The van der Waals surface area contributed by atoms with Gasteiger partial charge in [0.15, 0.2) is 11.5 Å². The van der Waals surface area contributed by atoms with Crippen molar-refractivity contribution in [2.24, 2.45) is 0 Å². The Morgan fingerprint density at radius 2 is 1.85 bits per heavy atom. The van der Waals surface area contributed by atoms with Crippen molar-refractivity contribution < 1.29 is 19.0 Å². The third kappa shape index (κ3) is 3.72. The van der Waals surface area contributed by atoms with Crippen LogP contribution in [0, 0.1) is 0 Å². The van der Waals surface area contributed by atoms with E-state index in [-0.39, 0.29) is 10.8 Å². The Bertz CT molecular complexity index is 1060. The molecule has 1 aliphatic heterocycles. The van der Waals surface area contributed by atoms with Crippen LogP contribution in [0.4, 0.5) is 0 Å². The first-order valence-corrected chi connectivity index (χ1v) is 8.90. The lowest BCUT2D eigenvalue weighted by atomic mass is 10.1. The molecule has 0 amide bonds. The van der Waals surface area contributed by atoms with E-state index >= 15 is 0 Å². The number of hydrogen-bond acceptors (Lipinski definition) is 6. The van der Waals surface area contributed by atoms with E-state index < -0.39 is 5.63 Å². The molecule has 27 heavy (non-hydrogen) atoms. The Hall–Kier alpha value is -2.70. The van der Waals surface area contributed by atoms with Crippen molar-refractivity contribution in [2.75, 3.05) is 20.3 Å². The second-order valence-electron chi connectivity index (χ2n) is 6.54. The fourth-order valence-electron chi connectivity index (χ4n) is 3.21. The normalized spacial score (nSPS) is 13.3. The number of ether oxygens (including phenoxy) is 2. The van der Waals surface area contributed by atoms with E-state index in [1.165, 1.54) is 12.1 Å². The minimum Gasteiger partial charge on any atom is -0.506 e. The van der Waals surface area contributed by atoms with E-state index in [0.717, 1.165) is 22.6 Å². The van der Waals surface area contributed by atoms with Crippen molar-refractivity contribution in [3.05, 3.63) is 63.0 Å². The number of halogens is 1. The molecule has 1 aliphatic rings. The molecule has 1 aromatic heterocycles. The number of aromatic hydroxyl groups is 1. The molecule has 140 valence electrons. The van der Waals surface area contributed by atoms with Crippen LogP contribution in [-0.2, 0) is 13.1 Å². The summed E-state index contributed by atoms with van der Waals surface area (Å²) in [6, 6.07) is 10.3. The third-order valence-electron chi connectivity index (χ3n) is 4.40. The van der Waals surface area contributed by atoms with Crippen LogP contribution < -0.4 is 15.1 Å². The lowest BCUT2D eigenvalue weighted by Crippen LogP contribution is -2.19. The summed E-state index contributed by atoms with van der Waals surface area (Å²) in [5, 5.41) is 10.7. The van der Waals surface area contributed by atoms with E-state index in [0.29, 0.717) is 37.3 Å². The monoisotopic (exact) mass is 387 g/mol. The molecule has 7 heteroatoms. The lowest BCUT2D eigenvalue weighted by Gasteiger charge is -2.21. The SMILES string of the molecule is CN(Cc1ccc2c(c1)OCCO2)Cc1cc(=O)oc2cc(O)c(Cl)cc12. The minimum absolute atomic E-state index is 0.117. The highest BCUT2D eigenvalue weighted by Crippen LogP contribution is 2.32. The zero-order valence-electron chi connectivity index (χ0n) is 14.7. The van der Waals surface area contributed by atoms with Crippen LogP contribution in [-0.4, -0.2) is 30.3 Å². The summed E-state index contributed by atoms with van der Waals surface area (Å²) in [6.45, 7) is 2.28. The fourth-order valence-corrected chi connectivity index (χ4v) is 3.37. The van der Waals surface area contributed by atoms with Gasteiger partial charge in [0.25, 0.3) is 0 Å². The summed E-state index contributed by atoms with van der Waals surface area (Å²) in [4.78, 5) is 13.9. The summed E-state index contributed by atoms with van der Waals surface area (Å²) in [5.41, 5.74) is 1.70. The summed E-state index contributed by atoms with van der Waals surface area (Å²) in [6.07, 6.45) is 0. The van der Waals surface area contributed by atoms with Crippen LogP contribution in [0.5, 0.6) is 17.2 Å². The molecular formula is C20H18ClNO5.